The summed E-state index contributed by atoms with van der Waals surface area (Å²) in [5, 5.41) is 8.33. The van der Waals surface area contributed by atoms with Gasteiger partial charge in [-0.25, -0.2) is 0 Å². The molecular formula is C9H16O3. The first-order chi connectivity index (χ1) is 5.79. The third kappa shape index (κ3) is 5.13. The highest BCUT2D eigenvalue weighted by Gasteiger charge is 2.20. The molecule has 0 radical (unpaired) electrons. The largest absolute Gasteiger partial charge is 0.481 e. The second-order valence-electron chi connectivity index (χ2n) is 3.37. The summed E-state index contributed by atoms with van der Waals surface area (Å²) in [6.07, 6.45) is 4.51. The number of rotatable bonds is 7. The average Bonchev–Trinajstić information content (AvgIpc) is 2.79. The van der Waals surface area contributed by atoms with Crippen molar-refractivity contribution in [2.45, 2.75) is 32.1 Å². The maximum Gasteiger partial charge on any atom is 0.303 e. The topological polar surface area (TPSA) is 46.5 Å². The van der Waals surface area contributed by atoms with E-state index in [4.69, 9.17) is 9.84 Å². The van der Waals surface area contributed by atoms with Crippen LogP contribution in [0.2, 0.25) is 0 Å². The number of hydrogen-bond acceptors (Lipinski definition) is 2. The molecule has 0 bridgehead atoms. The minimum atomic E-state index is -0.711. The fourth-order valence-corrected chi connectivity index (χ4v) is 1.01. The van der Waals surface area contributed by atoms with Crippen molar-refractivity contribution < 1.29 is 14.6 Å². The average molecular weight is 172 g/mol. The van der Waals surface area contributed by atoms with Crippen LogP contribution in [0.1, 0.15) is 32.1 Å². The Morgan fingerprint density at radius 2 is 2.17 bits per heavy atom. The molecule has 3 heteroatoms. The molecule has 0 unspecified atom stereocenters. The van der Waals surface area contributed by atoms with E-state index in [1.165, 1.54) is 12.8 Å². The van der Waals surface area contributed by atoms with Gasteiger partial charge in [0.1, 0.15) is 0 Å². The minimum Gasteiger partial charge on any atom is -0.481 e. The zero-order valence-electron chi connectivity index (χ0n) is 7.29. The smallest absolute Gasteiger partial charge is 0.303 e. The first-order valence-corrected chi connectivity index (χ1v) is 4.58. The molecule has 0 aromatic rings. The molecule has 0 saturated heterocycles. The third-order valence-electron chi connectivity index (χ3n) is 1.98. The van der Waals surface area contributed by atoms with Crippen LogP contribution in [0.3, 0.4) is 0 Å². The fraction of sp³-hybridized carbons (Fsp3) is 0.889. The van der Waals surface area contributed by atoms with Gasteiger partial charge in [0.25, 0.3) is 0 Å². The zero-order valence-corrected chi connectivity index (χ0v) is 7.29. The van der Waals surface area contributed by atoms with E-state index in [0.717, 1.165) is 32.0 Å². The lowest BCUT2D eigenvalue weighted by molar-refractivity contribution is -0.137. The second-order valence-corrected chi connectivity index (χ2v) is 3.37. The lowest BCUT2D eigenvalue weighted by Crippen LogP contribution is -2.00. The summed E-state index contributed by atoms with van der Waals surface area (Å²) < 4.78 is 5.35. The molecule has 3 nitrogen and oxygen atoms in total. The summed E-state index contributed by atoms with van der Waals surface area (Å²) in [4.78, 5) is 10.1. The van der Waals surface area contributed by atoms with Crippen molar-refractivity contribution in [2.24, 2.45) is 5.92 Å². The molecule has 0 spiro atoms. The van der Waals surface area contributed by atoms with Gasteiger partial charge in [-0.1, -0.05) is 0 Å². The van der Waals surface area contributed by atoms with E-state index >= 15 is 0 Å². The number of carbonyl (C=O) groups is 1. The summed E-state index contributed by atoms with van der Waals surface area (Å²) in [7, 11) is 0. The molecule has 0 aliphatic heterocycles. The Morgan fingerprint density at radius 1 is 1.42 bits per heavy atom. The van der Waals surface area contributed by atoms with E-state index in [2.05, 4.69) is 0 Å². The molecule has 1 saturated carbocycles. The van der Waals surface area contributed by atoms with Crippen molar-refractivity contribution in [3.05, 3.63) is 0 Å². The van der Waals surface area contributed by atoms with Gasteiger partial charge in [0.05, 0.1) is 0 Å². The predicted molar refractivity (Wildman–Crippen MR) is 45.0 cm³/mol. The van der Waals surface area contributed by atoms with Gasteiger partial charge in [0.2, 0.25) is 0 Å². The molecule has 1 aliphatic carbocycles. The standard InChI is InChI=1S/C9H16O3/c10-9(11)3-1-2-6-12-7-8-4-5-8/h8H,1-7H2,(H,10,11). The number of hydrogen-bond donors (Lipinski definition) is 1. The second kappa shape index (κ2) is 5.14. The Kier molecular flexibility index (Phi) is 4.08. The van der Waals surface area contributed by atoms with Crippen LogP contribution in [0.5, 0.6) is 0 Å². The Balaban J connectivity index is 1.73. The van der Waals surface area contributed by atoms with Gasteiger partial charge in [0, 0.05) is 19.6 Å². The summed E-state index contributed by atoms with van der Waals surface area (Å²) in [6, 6.07) is 0. The SMILES string of the molecule is O=C(O)CCCCOCC1CC1. The van der Waals surface area contributed by atoms with E-state index in [-0.39, 0.29) is 6.42 Å². The molecule has 0 amide bonds. The summed E-state index contributed by atoms with van der Waals surface area (Å²) in [5.74, 6) is 0.0988. The van der Waals surface area contributed by atoms with Crippen LogP contribution < -0.4 is 0 Å². The Morgan fingerprint density at radius 3 is 2.75 bits per heavy atom. The maximum atomic E-state index is 10.1. The Hall–Kier alpha value is -0.570. The Bertz CT molecular complexity index is 141. The Labute approximate surface area is 72.7 Å². The molecule has 1 rings (SSSR count). The van der Waals surface area contributed by atoms with Crippen molar-refractivity contribution in [3.63, 3.8) is 0 Å². The summed E-state index contributed by atoms with van der Waals surface area (Å²) in [5.41, 5.74) is 0. The van der Waals surface area contributed by atoms with Crippen LogP contribution in [0.25, 0.3) is 0 Å². The molecule has 0 heterocycles. The quantitative estimate of drug-likeness (QED) is 0.594. The highest BCUT2D eigenvalue weighted by atomic mass is 16.5. The van der Waals surface area contributed by atoms with Crippen LogP contribution in [-0.4, -0.2) is 24.3 Å². The number of aliphatic carboxylic acids is 1. The van der Waals surface area contributed by atoms with E-state index in [1.54, 1.807) is 0 Å². The van der Waals surface area contributed by atoms with E-state index < -0.39 is 5.97 Å². The van der Waals surface area contributed by atoms with Crippen molar-refractivity contribution >= 4 is 5.97 Å². The molecule has 1 aliphatic rings. The first-order valence-electron chi connectivity index (χ1n) is 4.58. The van der Waals surface area contributed by atoms with Gasteiger partial charge in [-0.2, -0.15) is 0 Å². The fourth-order valence-electron chi connectivity index (χ4n) is 1.01. The maximum absolute atomic E-state index is 10.1. The van der Waals surface area contributed by atoms with Crippen LogP contribution in [0, 0.1) is 5.92 Å². The molecule has 1 fully saturated rings. The molecule has 12 heavy (non-hydrogen) atoms. The van der Waals surface area contributed by atoms with E-state index in [0.29, 0.717) is 0 Å². The van der Waals surface area contributed by atoms with Gasteiger partial charge in [0.15, 0.2) is 0 Å². The normalized spacial score (nSPS) is 16.3. The number of carboxylic acids is 1. The number of ether oxygens (including phenoxy) is 1. The summed E-state index contributed by atoms with van der Waals surface area (Å²) >= 11 is 0. The lowest BCUT2D eigenvalue weighted by atomic mass is 10.2. The predicted octanol–water partition coefficient (Wildman–Crippen LogP) is 1.67. The zero-order chi connectivity index (χ0) is 8.81. The van der Waals surface area contributed by atoms with Crippen molar-refractivity contribution in [1.82, 2.24) is 0 Å². The molecular weight excluding hydrogens is 156 g/mol. The molecule has 0 atom stereocenters. The van der Waals surface area contributed by atoms with Gasteiger partial charge in [-0.05, 0) is 31.6 Å². The molecule has 70 valence electrons. The first kappa shape index (κ1) is 9.52. The van der Waals surface area contributed by atoms with E-state index in [9.17, 15) is 4.79 Å². The van der Waals surface area contributed by atoms with Gasteiger partial charge < -0.3 is 9.84 Å². The monoisotopic (exact) mass is 172 g/mol. The van der Waals surface area contributed by atoms with Crippen molar-refractivity contribution in [1.29, 1.82) is 0 Å². The van der Waals surface area contributed by atoms with Crippen molar-refractivity contribution in [3.8, 4) is 0 Å². The minimum absolute atomic E-state index is 0.271. The van der Waals surface area contributed by atoms with Crippen LogP contribution in [0.15, 0.2) is 0 Å². The summed E-state index contributed by atoms with van der Waals surface area (Å²) in [6.45, 7) is 1.61. The number of unbranched alkanes of at least 4 members (excludes halogenated alkanes) is 1. The number of carboxylic acid groups (broad SMARTS) is 1. The van der Waals surface area contributed by atoms with Crippen LogP contribution in [0.4, 0.5) is 0 Å². The highest BCUT2D eigenvalue weighted by molar-refractivity contribution is 5.66. The highest BCUT2D eigenvalue weighted by Crippen LogP contribution is 2.28. The van der Waals surface area contributed by atoms with Gasteiger partial charge in [-0.3, -0.25) is 4.79 Å². The molecule has 0 aromatic carbocycles. The molecule has 1 N–H and O–H groups in total. The van der Waals surface area contributed by atoms with E-state index in [1.807, 2.05) is 0 Å². The van der Waals surface area contributed by atoms with Crippen LogP contribution >= 0.6 is 0 Å². The van der Waals surface area contributed by atoms with Gasteiger partial charge >= 0.3 is 5.97 Å². The van der Waals surface area contributed by atoms with Crippen LogP contribution in [-0.2, 0) is 9.53 Å². The van der Waals surface area contributed by atoms with Crippen molar-refractivity contribution in [2.75, 3.05) is 13.2 Å². The lowest BCUT2D eigenvalue weighted by Gasteiger charge is -2.00. The third-order valence-corrected chi connectivity index (χ3v) is 1.98. The molecule has 0 aromatic heterocycles. The van der Waals surface area contributed by atoms with Gasteiger partial charge in [-0.15, -0.1) is 0 Å².